The summed E-state index contributed by atoms with van der Waals surface area (Å²) in [5.41, 5.74) is 0. The van der Waals surface area contributed by atoms with Gasteiger partial charge in [0.05, 0.1) is 0 Å². The molecule has 1 aromatic heterocycles. The molecule has 2 rings (SSSR count). The fraction of sp³-hybridized carbons (Fsp3) is 0.500. The second-order valence-corrected chi connectivity index (χ2v) is 4.50. The van der Waals surface area contributed by atoms with E-state index in [0.717, 1.165) is 4.60 Å². The minimum atomic E-state index is -0.590. The van der Waals surface area contributed by atoms with Gasteiger partial charge in [-0.3, -0.25) is 0 Å². The Hall–Kier alpha value is -0.650. The van der Waals surface area contributed by atoms with Crippen molar-refractivity contribution in [2.24, 2.45) is 0 Å². The van der Waals surface area contributed by atoms with E-state index in [-0.39, 0.29) is 0 Å². The molecule has 1 heterocycles. The molecule has 5 heteroatoms. The zero-order valence-corrected chi connectivity index (χ0v) is 9.87. The molecule has 1 aliphatic carbocycles. The standard InChI is InChI=1S/C10H14BrN3O/c11-8-2-1-3-9(13-8)14-10(15)6-12-7-4-5-7/h1-3,7,10,12,15H,4-6H2,(H,13,14). The number of hydrogen-bond acceptors (Lipinski definition) is 4. The third-order valence-corrected chi connectivity index (χ3v) is 2.65. The van der Waals surface area contributed by atoms with Gasteiger partial charge in [0.2, 0.25) is 0 Å². The molecule has 0 aromatic carbocycles. The largest absolute Gasteiger partial charge is 0.372 e. The van der Waals surface area contributed by atoms with Crippen LogP contribution in [0, 0.1) is 0 Å². The highest BCUT2D eigenvalue weighted by molar-refractivity contribution is 9.10. The molecule has 82 valence electrons. The van der Waals surface area contributed by atoms with Gasteiger partial charge in [0, 0.05) is 12.6 Å². The van der Waals surface area contributed by atoms with Crippen molar-refractivity contribution in [2.45, 2.75) is 25.1 Å². The number of anilines is 1. The first-order valence-electron chi connectivity index (χ1n) is 5.04. The topological polar surface area (TPSA) is 57.2 Å². The SMILES string of the molecule is OC(CNC1CC1)Nc1cccc(Br)n1. The van der Waals surface area contributed by atoms with Gasteiger partial charge < -0.3 is 15.7 Å². The fourth-order valence-corrected chi connectivity index (χ4v) is 1.62. The van der Waals surface area contributed by atoms with Crippen LogP contribution in [0.1, 0.15) is 12.8 Å². The average molecular weight is 272 g/mol. The fourth-order valence-electron chi connectivity index (χ4n) is 1.28. The highest BCUT2D eigenvalue weighted by atomic mass is 79.9. The van der Waals surface area contributed by atoms with Crippen molar-refractivity contribution in [1.82, 2.24) is 10.3 Å². The number of aliphatic hydroxyl groups is 1. The minimum absolute atomic E-state index is 0.554. The molecular formula is C10H14BrN3O. The number of halogens is 1. The Morgan fingerprint density at radius 3 is 3.00 bits per heavy atom. The van der Waals surface area contributed by atoms with Crippen LogP contribution in [0.3, 0.4) is 0 Å². The summed E-state index contributed by atoms with van der Waals surface area (Å²) in [6, 6.07) is 6.16. The lowest BCUT2D eigenvalue weighted by Gasteiger charge is -2.13. The number of aliphatic hydroxyl groups excluding tert-OH is 1. The van der Waals surface area contributed by atoms with Crippen molar-refractivity contribution in [1.29, 1.82) is 0 Å². The summed E-state index contributed by atoms with van der Waals surface area (Å²) in [7, 11) is 0. The molecule has 0 aliphatic heterocycles. The number of rotatable bonds is 5. The lowest BCUT2D eigenvalue weighted by atomic mass is 10.4. The van der Waals surface area contributed by atoms with Gasteiger partial charge in [-0.25, -0.2) is 4.98 Å². The quantitative estimate of drug-likeness (QED) is 0.559. The maximum Gasteiger partial charge on any atom is 0.138 e. The second-order valence-electron chi connectivity index (χ2n) is 3.69. The van der Waals surface area contributed by atoms with E-state index in [1.54, 1.807) is 0 Å². The number of aromatic nitrogens is 1. The number of hydrogen-bond donors (Lipinski definition) is 3. The summed E-state index contributed by atoms with van der Waals surface area (Å²) >= 11 is 3.28. The zero-order chi connectivity index (χ0) is 10.7. The number of pyridine rings is 1. The first-order chi connectivity index (χ1) is 7.24. The Kier molecular flexibility index (Phi) is 3.56. The molecule has 1 aromatic rings. The highest BCUT2D eigenvalue weighted by Crippen LogP contribution is 2.18. The van der Waals surface area contributed by atoms with E-state index in [1.807, 2.05) is 18.2 Å². The third kappa shape index (κ3) is 3.77. The monoisotopic (exact) mass is 271 g/mol. The number of nitrogens with one attached hydrogen (secondary N) is 2. The van der Waals surface area contributed by atoms with Crippen LogP contribution in [0.2, 0.25) is 0 Å². The van der Waals surface area contributed by atoms with Gasteiger partial charge in [-0.1, -0.05) is 6.07 Å². The second kappa shape index (κ2) is 4.92. The van der Waals surface area contributed by atoms with E-state index in [4.69, 9.17) is 0 Å². The van der Waals surface area contributed by atoms with E-state index in [9.17, 15) is 5.11 Å². The van der Waals surface area contributed by atoms with Crippen molar-refractivity contribution >= 4 is 21.7 Å². The lowest BCUT2D eigenvalue weighted by molar-refractivity contribution is 0.198. The van der Waals surface area contributed by atoms with Gasteiger partial charge in [-0.05, 0) is 40.9 Å². The van der Waals surface area contributed by atoms with Gasteiger partial charge in [0.15, 0.2) is 0 Å². The van der Waals surface area contributed by atoms with Crippen molar-refractivity contribution in [3.63, 3.8) is 0 Å². The zero-order valence-electron chi connectivity index (χ0n) is 8.28. The molecule has 1 aliphatic rings. The summed E-state index contributed by atoms with van der Waals surface area (Å²) in [5.74, 6) is 0.675. The molecule has 4 nitrogen and oxygen atoms in total. The maximum absolute atomic E-state index is 9.64. The first kappa shape index (κ1) is 10.9. The van der Waals surface area contributed by atoms with E-state index in [0.29, 0.717) is 18.4 Å². The first-order valence-corrected chi connectivity index (χ1v) is 5.84. The molecule has 0 spiro atoms. The van der Waals surface area contributed by atoms with E-state index in [2.05, 4.69) is 31.5 Å². The van der Waals surface area contributed by atoms with Crippen LogP contribution in [0.5, 0.6) is 0 Å². The molecule has 1 fully saturated rings. The van der Waals surface area contributed by atoms with Crippen molar-refractivity contribution in [2.75, 3.05) is 11.9 Å². The molecule has 0 bridgehead atoms. The predicted octanol–water partition coefficient (Wildman–Crippen LogP) is 1.33. The van der Waals surface area contributed by atoms with Crippen LogP contribution in [0.25, 0.3) is 0 Å². The molecular weight excluding hydrogens is 258 g/mol. The Morgan fingerprint density at radius 1 is 1.53 bits per heavy atom. The molecule has 0 radical (unpaired) electrons. The minimum Gasteiger partial charge on any atom is -0.372 e. The van der Waals surface area contributed by atoms with Crippen molar-refractivity contribution in [3.8, 4) is 0 Å². The summed E-state index contributed by atoms with van der Waals surface area (Å²) in [6.07, 6.45) is 1.86. The van der Waals surface area contributed by atoms with Crippen molar-refractivity contribution in [3.05, 3.63) is 22.8 Å². The molecule has 0 amide bonds. The Balaban J connectivity index is 1.79. The van der Waals surface area contributed by atoms with Crippen LogP contribution < -0.4 is 10.6 Å². The van der Waals surface area contributed by atoms with Crippen LogP contribution in [0.4, 0.5) is 5.82 Å². The van der Waals surface area contributed by atoms with E-state index >= 15 is 0 Å². The summed E-state index contributed by atoms with van der Waals surface area (Å²) in [4.78, 5) is 4.17. The maximum atomic E-state index is 9.64. The van der Waals surface area contributed by atoms with Crippen LogP contribution >= 0.6 is 15.9 Å². The molecule has 1 unspecified atom stereocenters. The van der Waals surface area contributed by atoms with Gasteiger partial charge >= 0.3 is 0 Å². The van der Waals surface area contributed by atoms with E-state index < -0.39 is 6.23 Å². The predicted molar refractivity (Wildman–Crippen MR) is 62.6 cm³/mol. The molecule has 3 N–H and O–H groups in total. The third-order valence-electron chi connectivity index (χ3n) is 2.21. The normalized spacial score (nSPS) is 17.5. The summed E-state index contributed by atoms with van der Waals surface area (Å²) < 4.78 is 0.759. The smallest absolute Gasteiger partial charge is 0.138 e. The van der Waals surface area contributed by atoms with Gasteiger partial charge in [-0.15, -0.1) is 0 Å². The summed E-state index contributed by atoms with van der Waals surface area (Å²) in [5, 5.41) is 15.8. The van der Waals surface area contributed by atoms with E-state index in [1.165, 1.54) is 12.8 Å². The van der Waals surface area contributed by atoms with Crippen LogP contribution in [0.15, 0.2) is 22.8 Å². The van der Waals surface area contributed by atoms with Crippen LogP contribution in [-0.4, -0.2) is 28.9 Å². The number of nitrogens with zero attached hydrogens (tertiary/aromatic N) is 1. The van der Waals surface area contributed by atoms with Gasteiger partial charge in [0.25, 0.3) is 0 Å². The Bertz CT molecular complexity index is 330. The molecule has 15 heavy (non-hydrogen) atoms. The lowest BCUT2D eigenvalue weighted by Crippen LogP contribution is -2.34. The summed E-state index contributed by atoms with van der Waals surface area (Å²) in [6.45, 7) is 0.554. The van der Waals surface area contributed by atoms with Crippen molar-refractivity contribution < 1.29 is 5.11 Å². The molecule has 1 saturated carbocycles. The highest BCUT2D eigenvalue weighted by Gasteiger charge is 2.21. The van der Waals surface area contributed by atoms with Gasteiger partial charge in [0.1, 0.15) is 16.6 Å². The Morgan fingerprint density at radius 2 is 2.33 bits per heavy atom. The average Bonchev–Trinajstić information content (AvgIpc) is 2.98. The van der Waals surface area contributed by atoms with Crippen LogP contribution in [-0.2, 0) is 0 Å². The molecule has 0 saturated heterocycles. The Labute approximate surface area is 97.2 Å². The molecule has 1 atom stereocenters. The van der Waals surface area contributed by atoms with Gasteiger partial charge in [-0.2, -0.15) is 0 Å².